The number of hydrogen-bond donors (Lipinski definition) is 2. The number of urea groups is 1. The maximum atomic E-state index is 11.0. The molecule has 0 aliphatic carbocycles. The Balaban J connectivity index is 2.40. The molecule has 0 saturated heterocycles. The van der Waals surface area contributed by atoms with Crippen molar-refractivity contribution in [3.63, 3.8) is 0 Å². The zero-order valence-electron chi connectivity index (χ0n) is 7.33. The van der Waals surface area contributed by atoms with Gasteiger partial charge in [0.15, 0.2) is 0 Å². The van der Waals surface area contributed by atoms with Crippen LogP contribution in [0.5, 0.6) is 0 Å². The standard InChI is InChI=1S/C8H11N3O2/c1-3-4-9-7(12)11-8-10-6(2)5-13-8/h3,5H,1,4H2,2H3,(H2,9,10,11,12). The Labute approximate surface area is 75.8 Å². The Morgan fingerprint density at radius 3 is 3.15 bits per heavy atom. The second kappa shape index (κ2) is 4.30. The lowest BCUT2D eigenvalue weighted by molar-refractivity contribution is 0.252. The second-order valence-corrected chi connectivity index (χ2v) is 2.42. The SMILES string of the molecule is C=CCNC(=O)Nc1nc(C)co1. The van der Waals surface area contributed by atoms with Crippen LogP contribution in [0.4, 0.5) is 10.8 Å². The van der Waals surface area contributed by atoms with Gasteiger partial charge in [0.25, 0.3) is 0 Å². The molecule has 0 bridgehead atoms. The van der Waals surface area contributed by atoms with Crippen molar-refractivity contribution in [3.05, 3.63) is 24.6 Å². The van der Waals surface area contributed by atoms with E-state index in [0.29, 0.717) is 6.54 Å². The van der Waals surface area contributed by atoms with E-state index in [1.807, 2.05) is 0 Å². The van der Waals surface area contributed by atoms with Crippen LogP contribution in [0.3, 0.4) is 0 Å². The Morgan fingerprint density at radius 2 is 2.62 bits per heavy atom. The van der Waals surface area contributed by atoms with Crippen molar-refractivity contribution in [2.75, 3.05) is 11.9 Å². The van der Waals surface area contributed by atoms with Gasteiger partial charge in [0.1, 0.15) is 6.26 Å². The van der Waals surface area contributed by atoms with Gasteiger partial charge in [-0.1, -0.05) is 6.08 Å². The van der Waals surface area contributed by atoms with Crippen LogP contribution in [-0.2, 0) is 0 Å². The van der Waals surface area contributed by atoms with E-state index in [1.165, 1.54) is 6.26 Å². The Hall–Kier alpha value is -1.78. The van der Waals surface area contributed by atoms with Gasteiger partial charge in [-0.3, -0.25) is 5.32 Å². The fourth-order valence-corrected chi connectivity index (χ4v) is 0.718. The van der Waals surface area contributed by atoms with Gasteiger partial charge in [-0.05, 0) is 6.92 Å². The first-order valence-corrected chi connectivity index (χ1v) is 3.80. The van der Waals surface area contributed by atoms with Gasteiger partial charge in [-0.15, -0.1) is 6.58 Å². The van der Waals surface area contributed by atoms with Gasteiger partial charge in [-0.25, -0.2) is 4.79 Å². The fourth-order valence-electron chi connectivity index (χ4n) is 0.718. The van der Waals surface area contributed by atoms with Gasteiger partial charge >= 0.3 is 12.0 Å². The van der Waals surface area contributed by atoms with E-state index in [4.69, 9.17) is 4.42 Å². The zero-order valence-corrected chi connectivity index (χ0v) is 7.33. The lowest BCUT2D eigenvalue weighted by Gasteiger charge is -2.00. The first kappa shape index (κ1) is 9.31. The Bertz CT molecular complexity index is 306. The molecule has 0 saturated carbocycles. The number of aryl methyl sites for hydroxylation is 1. The maximum absolute atomic E-state index is 11.0. The van der Waals surface area contributed by atoms with Crippen molar-refractivity contribution in [3.8, 4) is 0 Å². The number of nitrogens with one attached hydrogen (secondary N) is 2. The lowest BCUT2D eigenvalue weighted by atomic mass is 10.6. The van der Waals surface area contributed by atoms with E-state index in [0.717, 1.165) is 5.69 Å². The zero-order chi connectivity index (χ0) is 9.68. The maximum Gasteiger partial charge on any atom is 0.323 e. The topological polar surface area (TPSA) is 67.2 Å². The van der Waals surface area contributed by atoms with Gasteiger partial charge in [0, 0.05) is 6.54 Å². The van der Waals surface area contributed by atoms with Gasteiger partial charge in [-0.2, -0.15) is 4.98 Å². The van der Waals surface area contributed by atoms with Gasteiger partial charge < -0.3 is 9.73 Å². The molecule has 0 spiro atoms. The highest BCUT2D eigenvalue weighted by Gasteiger charge is 2.03. The normalized spacial score (nSPS) is 9.31. The number of anilines is 1. The van der Waals surface area contributed by atoms with E-state index in [-0.39, 0.29) is 12.0 Å². The minimum Gasteiger partial charge on any atom is -0.432 e. The number of oxazole rings is 1. The Morgan fingerprint density at radius 1 is 1.85 bits per heavy atom. The summed E-state index contributed by atoms with van der Waals surface area (Å²) in [4.78, 5) is 14.9. The van der Waals surface area contributed by atoms with Crippen molar-refractivity contribution in [2.24, 2.45) is 0 Å². The average Bonchev–Trinajstić information content (AvgIpc) is 2.48. The van der Waals surface area contributed by atoms with Gasteiger partial charge in [0.2, 0.25) is 0 Å². The number of hydrogen-bond acceptors (Lipinski definition) is 3. The second-order valence-electron chi connectivity index (χ2n) is 2.42. The molecule has 0 atom stereocenters. The molecule has 2 amide bonds. The van der Waals surface area contributed by atoms with Crippen LogP contribution in [0.2, 0.25) is 0 Å². The molecule has 70 valence electrons. The number of carbonyl (C=O) groups excluding carboxylic acids is 1. The van der Waals surface area contributed by atoms with Crippen molar-refractivity contribution in [1.82, 2.24) is 10.3 Å². The summed E-state index contributed by atoms with van der Waals surface area (Å²) in [6.45, 7) is 5.64. The molecule has 1 heterocycles. The first-order valence-electron chi connectivity index (χ1n) is 3.80. The number of amides is 2. The van der Waals surface area contributed by atoms with Crippen molar-refractivity contribution >= 4 is 12.0 Å². The van der Waals surface area contributed by atoms with E-state index in [9.17, 15) is 4.79 Å². The summed E-state index contributed by atoms with van der Waals surface area (Å²) in [7, 11) is 0. The van der Waals surface area contributed by atoms with Crippen LogP contribution in [0, 0.1) is 6.92 Å². The minimum absolute atomic E-state index is 0.194. The number of aromatic nitrogens is 1. The molecule has 0 aliphatic heterocycles. The van der Waals surface area contributed by atoms with Crippen LogP contribution in [0.15, 0.2) is 23.3 Å². The summed E-state index contributed by atoms with van der Waals surface area (Å²) in [5.74, 6) is 0. The van der Waals surface area contributed by atoms with Gasteiger partial charge in [0.05, 0.1) is 5.69 Å². The molecule has 2 N–H and O–H groups in total. The van der Waals surface area contributed by atoms with Crippen molar-refractivity contribution in [2.45, 2.75) is 6.92 Å². The third kappa shape index (κ3) is 2.98. The van der Waals surface area contributed by atoms with Crippen molar-refractivity contribution < 1.29 is 9.21 Å². The molecule has 5 nitrogen and oxygen atoms in total. The highest BCUT2D eigenvalue weighted by molar-refractivity contribution is 5.86. The molecule has 1 rings (SSSR count). The highest BCUT2D eigenvalue weighted by Crippen LogP contribution is 2.04. The van der Waals surface area contributed by atoms with Crippen LogP contribution in [0.1, 0.15) is 5.69 Å². The van der Waals surface area contributed by atoms with Crippen LogP contribution in [-0.4, -0.2) is 17.6 Å². The van der Waals surface area contributed by atoms with E-state index >= 15 is 0 Å². The molecule has 0 aliphatic rings. The molecule has 5 heteroatoms. The summed E-state index contributed by atoms with van der Waals surface area (Å²) < 4.78 is 4.91. The summed E-state index contributed by atoms with van der Waals surface area (Å²) in [5, 5.41) is 4.94. The molecule has 13 heavy (non-hydrogen) atoms. The summed E-state index contributed by atoms with van der Waals surface area (Å²) in [5.41, 5.74) is 0.721. The lowest BCUT2D eigenvalue weighted by Crippen LogP contribution is -2.28. The molecule has 0 radical (unpaired) electrons. The van der Waals surface area contributed by atoms with Crippen LogP contribution in [0.25, 0.3) is 0 Å². The predicted molar refractivity (Wildman–Crippen MR) is 48.5 cm³/mol. The highest BCUT2D eigenvalue weighted by atomic mass is 16.4. The smallest absolute Gasteiger partial charge is 0.323 e. The third-order valence-electron chi connectivity index (χ3n) is 1.25. The van der Waals surface area contributed by atoms with E-state index in [1.54, 1.807) is 13.0 Å². The third-order valence-corrected chi connectivity index (χ3v) is 1.25. The molecule has 0 aromatic carbocycles. The van der Waals surface area contributed by atoms with Crippen LogP contribution < -0.4 is 10.6 Å². The van der Waals surface area contributed by atoms with E-state index < -0.39 is 0 Å². The number of carbonyl (C=O) groups is 1. The summed E-state index contributed by atoms with van der Waals surface area (Å²) in [6, 6.07) is -0.166. The minimum atomic E-state index is -0.359. The molecular weight excluding hydrogens is 170 g/mol. The average molecular weight is 181 g/mol. The summed E-state index contributed by atoms with van der Waals surface area (Å²) >= 11 is 0. The molecule has 0 unspecified atom stereocenters. The number of nitrogens with zero attached hydrogens (tertiary/aromatic N) is 1. The first-order chi connectivity index (χ1) is 6.22. The largest absolute Gasteiger partial charge is 0.432 e. The summed E-state index contributed by atoms with van der Waals surface area (Å²) in [6.07, 6.45) is 3.05. The quantitative estimate of drug-likeness (QED) is 0.690. The molecular formula is C8H11N3O2. The van der Waals surface area contributed by atoms with E-state index in [2.05, 4.69) is 22.2 Å². The monoisotopic (exact) mass is 181 g/mol. The molecule has 0 fully saturated rings. The predicted octanol–water partition coefficient (Wildman–Crippen LogP) is 1.29. The Kier molecular flexibility index (Phi) is 3.08. The molecule has 1 aromatic heterocycles. The van der Waals surface area contributed by atoms with Crippen LogP contribution >= 0.6 is 0 Å². The van der Waals surface area contributed by atoms with Crippen molar-refractivity contribution in [1.29, 1.82) is 0 Å². The molecule has 1 aromatic rings. The fraction of sp³-hybridized carbons (Fsp3) is 0.250. The number of rotatable bonds is 3.